The van der Waals surface area contributed by atoms with E-state index in [4.69, 9.17) is 4.74 Å². The van der Waals surface area contributed by atoms with Crippen molar-refractivity contribution in [3.63, 3.8) is 0 Å². The maximum atomic E-state index is 10.8. The lowest BCUT2D eigenvalue weighted by molar-refractivity contribution is 0.140. The molecule has 4 aliphatic rings. The number of fused-ring (bicyclic) bond motifs is 1. The van der Waals surface area contributed by atoms with Crippen molar-refractivity contribution >= 4 is 0 Å². The van der Waals surface area contributed by atoms with Crippen molar-refractivity contribution in [1.82, 2.24) is 10.6 Å². The van der Waals surface area contributed by atoms with Crippen molar-refractivity contribution in [3.8, 4) is 0 Å². The first-order valence-corrected chi connectivity index (χ1v) is 10.9. The zero-order valence-corrected chi connectivity index (χ0v) is 16.9. The molecule has 0 aromatic carbocycles. The molecule has 0 aromatic heterocycles. The second-order valence-corrected chi connectivity index (χ2v) is 8.67. The Morgan fingerprint density at radius 1 is 1.39 bits per heavy atom. The molecule has 0 radical (unpaired) electrons. The summed E-state index contributed by atoms with van der Waals surface area (Å²) in [4.78, 5) is 0. The van der Waals surface area contributed by atoms with Crippen molar-refractivity contribution in [3.05, 3.63) is 59.4 Å². The first kappa shape index (κ1) is 19.7. The molecule has 4 nitrogen and oxygen atoms in total. The van der Waals surface area contributed by atoms with Crippen LogP contribution < -0.4 is 10.6 Å². The normalized spacial score (nSPS) is 33.4. The Morgan fingerprint density at radius 3 is 3.11 bits per heavy atom. The van der Waals surface area contributed by atoms with E-state index in [-0.39, 0.29) is 6.04 Å². The van der Waals surface area contributed by atoms with Crippen LogP contribution in [0.2, 0.25) is 0 Å². The van der Waals surface area contributed by atoms with Crippen LogP contribution in [-0.4, -0.2) is 36.6 Å². The minimum atomic E-state index is -0.560. The van der Waals surface area contributed by atoms with Crippen LogP contribution in [0.5, 0.6) is 0 Å². The lowest BCUT2D eigenvalue weighted by Crippen LogP contribution is -2.49. The molecule has 0 saturated carbocycles. The van der Waals surface area contributed by atoms with Gasteiger partial charge in [0.05, 0.1) is 0 Å². The molecule has 152 valence electrons. The summed E-state index contributed by atoms with van der Waals surface area (Å²) in [6.45, 7) is 4.11. The maximum Gasteiger partial charge on any atom is 0.127 e. The Labute approximate surface area is 169 Å². The van der Waals surface area contributed by atoms with Crippen LogP contribution in [-0.2, 0) is 4.74 Å². The van der Waals surface area contributed by atoms with Crippen LogP contribution in [0.1, 0.15) is 45.4 Å². The Balaban J connectivity index is 1.27. The number of aliphatic hydroxyl groups excluding tert-OH is 1. The predicted molar refractivity (Wildman–Crippen MR) is 114 cm³/mol. The fraction of sp³-hybridized carbons (Fsp3) is 0.583. The summed E-state index contributed by atoms with van der Waals surface area (Å²) in [7, 11) is 0. The number of ether oxygens (including phenoxy) is 1. The molecule has 1 unspecified atom stereocenters. The van der Waals surface area contributed by atoms with Crippen LogP contribution in [0.3, 0.4) is 0 Å². The number of allylic oxidation sites excluding steroid dienone is 4. The summed E-state index contributed by atoms with van der Waals surface area (Å²) < 4.78 is 5.93. The number of rotatable bonds is 6. The van der Waals surface area contributed by atoms with E-state index < -0.39 is 6.23 Å². The molecule has 0 aromatic rings. The minimum absolute atomic E-state index is 0.151. The molecular weight excluding hydrogens is 348 g/mol. The monoisotopic (exact) mass is 382 g/mol. The first-order valence-electron chi connectivity index (χ1n) is 10.9. The number of nitrogens with one attached hydrogen (secondary N) is 2. The van der Waals surface area contributed by atoms with Gasteiger partial charge in [-0.3, -0.25) is 5.32 Å². The van der Waals surface area contributed by atoms with Crippen LogP contribution in [0.25, 0.3) is 0 Å². The molecule has 1 heterocycles. The third-order valence-corrected chi connectivity index (χ3v) is 6.47. The van der Waals surface area contributed by atoms with E-state index in [9.17, 15) is 5.11 Å². The highest BCUT2D eigenvalue weighted by Crippen LogP contribution is 2.34. The van der Waals surface area contributed by atoms with Gasteiger partial charge in [0.15, 0.2) is 0 Å². The molecule has 4 heteroatoms. The van der Waals surface area contributed by atoms with E-state index in [0.717, 1.165) is 43.6 Å². The third kappa shape index (κ3) is 4.86. The van der Waals surface area contributed by atoms with Gasteiger partial charge in [-0.2, -0.15) is 0 Å². The van der Waals surface area contributed by atoms with Crippen molar-refractivity contribution in [1.29, 1.82) is 0 Å². The van der Waals surface area contributed by atoms with Gasteiger partial charge in [-0.15, -0.1) is 0 Å². The Morgan fingerprint density at radius 2 is 2.32 bits per heavy atom. The van der Waals surface area contributed by atoms with Gasteiger partial charge >= 0.3 is 0 Å². The van der Waals surface area contributed by atoms with Crippen molar-refractivity contribution < 1.29 is 9.84 Å². The van der Waals surface area contributed by atoms with E-state index in [0.29, 0.717) is 24.5 Å². The van der Waals surface area contributed by atoms with Crippen LogP contribution in [0.15, 0.2) is 59.4 Å². The van der Waals surface area contributed by atoms with Crippen LogP contribution >= 0.6 is 0 Å². The van der Waals surface area contributed by atoms with Gasteiger partial charge in [0.2, 0.25) is 0 Å². The molecule has 1 fully saturated rings. The minimum Gasteiger partial charge on any atom is -0.490 e. The SMILES string of the molecule is C[C@@H]1CC(C(O)N[C@@H]2C=CC(OCC3=CC=CCC3)=CC2)=C[C@H]2CCCN[C@@H]12. The topological polar surface area (TPSA) is 53.5 Å². The summed E-state index contributed by atoms with van der Waals surface area (Å²) in [6.07, 6.45) is 21.0. The Bertz CT molecular complexity index is 703. The number of aliphatic hydroxyl groups is 1. The lowest BCUT2D eigenvalue weighted by Gasteiger charge is -2.40. The molecule has 5 atom stereocenters. The first-order chi connectivity index (χ1) is 13.7. The van der Waals surface area contributed by atoms with E-state index >= 15 is 0 Å². The lowest BCUT2D eigenvalue weighted by atomic mass is 9.75. The zero-order chi connectivity index (χ0) is 19.3. The van der Waals surface area contributed by atoms with Gasteiger partial charge in [0, 0.05) is 12.1 Å². The van der Waals surface area contributed by atoms with Crippen molar-refractivity contribution in [2.45, 2.75) is 63.8 Å². The molecule has 28 heavy (non-hydrogen) atoms. The third-order valence-electron chi connectivity index (χ3n) is 6.47. The second kappa shape index (κ2) is 9.25. The standard InChI is InChI=1S/C24H34N2O2/c1-17-14-20(15-19-8-5-13-25-23(17)19)24(27)26-21-9-11-22(12-10-21)28-16-18-6-3-2-4-7-18/h2-3,6,9,11-12,15,17,19,21,23-27H,4-5,7-8,10,13-14,16H2,1H3/t17-,19-,21-,23+,24?/m1/s1. The van der Waals surface area contributed by atoms with Gasteiger partial charge in [-0.1, -0.05) is 37.3 Å². The van der Waals surface area contributed by atoms with Crippen molar-refractivity contribution in [2.75, 3.05) is 13.2 Å². The summed E-state index contributed by atoms with van der Waals surface area (Å²) in [5.74, 6) is 2.08. The van der Waals surface area contributed by atoms with Crippen molar-refractivity contribution in [2.24, 2.45) is 11.8 Å². The highest BCUT2D eigenvalue weighted by atomic mass is 16.5. The molecule has 0 amide bonds. The molecule has 3 N–H and O–H groups in total. The van der Waals surface area contributed by atoms with Crippen LogP contribution in [0, 0.1) is 11.8 Å². The largest absolute Gasteiger partial charge is 0.490 e. The molecule has 4 rings (SSSR count). The second-order valence-electron chi connectivity index (χ2n) is 8.67. The average Bonchev–Trinajstić information content (AvgIpc) is 2.74. The maximum absolute atomic E-state index is 10.8. The van der Waals surface area contributed by atoms with E-state index in [1.54, 1.807) is 0 Å². The summed E-state index contributed by atoms with van der Waals surface area (Å²) in [6, 6.07) is 0.731. The number of hydrogen-bond donors (Lipinski definition) is 3. The summed E-state index contributed by atoms with van der Waals surface area (Å²) in [5, 5.41) is 17.8. The highest BCUT2D eigenvalue weighted by molar-refractivity contribution is 5.24. The smallest absolute Gasteiger partial charge is 0.127 e. The number of hydrogen-bond acceptors (Lipinski definition) is 4. The zero-order valence-electron chi connectivity index (χ0n) is 16.9. The van der Waals surface area contributed by atoms with Gasteiger partial charge in [-0.25, -0.2) is 0 Å². The molecule has 1 saturated heterocycles. The predicted octanol–water partition coefficient (Wildman–Crippen LogP) is 3.73. The summed E-state index contributed by atoms with van der Waals surface area (Å²) in [5.41, 5.74) is 2.51. The Kier molecular flexibility index (Phi) is 6.50. The molecule has 1 aliphatic heterocycles. The molecular formula is C24H34N2O2. The molecule has 0 spiro atoms. The van der Waals surface area contributed by atoms with Gasteiger partial charge in [-0.05, 0) is 80.2 Å². The number of piperidine rings is 1. The quantitative estimate of drug-likeness (QED) is 0.484. The van der Waals surface area contributed by atoms with Crippen LogP contribution in [0.4, 0.5) is 0 Å². The fourth-order valence-electron chi connectivity index (χ4n) is 4.88. The van der Waals surface area contributed by atoms with Gasteiger partial charge in [0.1, 0.15) is 18.6 Å². The van der Waals surface area contributed by atoms with E-state index in [2.05, 4.69) is 54.0 Å². The fourth-order valence-corrected chi connectivity index (χ4v) is 4.88. The summed E-state index contributed by atoms with van der Waals surface area (Å²) >= 11 is 0. The van der Waals surface area contributed by atoms with E-state index in [1.807, 2.05) is 6.08 Å². The average molecular weight is 383 g/mol. The van der Waals surface area contributed by atoms with Gasteiger partial charge in [0.25, 0.3) is 0 Å². The molecule has 3 aliphatic carbocycles. The Hall–Kier alpha value is -1.62. The molecule has 0 bridgehead atoms. The van der Waals surface area contributed by atoms with Gasteiger partial charge < -0.3 is 15.2 Å². The highest BCUT2D eigenvalue weighted by Gasteiger charge is 2.34. The van der Waals surface area contributed by atoms with E-state index in [1.165, 1.54) is 18.4 Å².